The van der Waals surface area contributed by atoms with Crippen LogP contribution in [-0.2, 0) is 0 Å². The SMILES string of the molecule is CCCCCCN(C(=O)Nc1ccc([N+](=O)[O-])cc1)C(C)c1nc2ccccc2c(=O)n1-c1ccc(Cl)cc1C. The standard InChI is InChI=1S/C30H32ClN5O4/c1-4-5-6-9-18-34(30(38)32-23-13-15-24(16-14-23)36(39)40)21(3)28-33-26-11-8-7-10-25(26)29(37)35(28)27-17-12-22(31)19-20(27)2/h7-8,10-17,19,21H,4-6,9,18H2,1-3H3,(H,32,38). The summed E-state index contributed by atoms with van der Waals surface area (Å²) in [7, 11) is 0. The van der Waals surface area contributed by atoms with Crippen molar-refractivity contribution >= 4 is 39.9 Å². The molecule has 0 bridgehead atoms. The average Bonchev–Trinajstić information content (AvgIpc) is 2.93. The number of anilines is 1. The van der Waals surface area contributed by atoms with Gasteiger partial charge in [-0.15, -0.1) is 0 Å². The number of rotatable bonds is 10. The van der Waals surface area contributed by atoms with E-state index in [9.17, 15) is 19.7 Å². The Bertz CT molecular complexity index is 1590. The predicted molar refractivity (Wildman–Crippen MR) is 158 cm³/mol. The highest BCUT2D eigenvalue weighted by molar-refractivity contribution is 6.30. The van der Waals surface area contributed by atoms with Crippen LogP contribution >= 0.6 is 11.6 Å². The zero-order valence-corrected chi connectivity index (χ0v) is 23.5. The highest BCUT2D eigenvalue weighted by Gasteiger charge is 2.27. The Hall–Kier alpha value is -4.24. The van der Waals surface area contributed by atoms with Crippen LogP contribution in [0.2, 0.25) is 5.02 Å². The van der Waals surface area contributed by atoms with Crippen molar-refractivity contribution in [2.24, 2.45) is 0 Å². The van der Waals surface area contributed by atoms with Gasteiger partial charge >= 0.3 is 6.03 Å². The molecule has 2 amide bonds. The van der Waals surface area contributed by atoms with Gasteiger partial charge in [0.1, 0.15) is 5.82 Å². The third-order valence-electron chi connectivity index (χ3n) is 6.89. The van der Waals surface area contributed by atoms with Gasteiger partial charge in [0.25, 0.3) is 11.2 Å². The van der Waals surface area contributed by atoms with Gasteiger partial charge in [-0.05, 0) is 68.3 Å². The summed E-state index contributed by atoms with van der Waals surface area (Å²) in [6.07, 6.45) is 3.80. The number of benzene rings is 3. The second kappa shape index (κ2) is 12.7. The maximum Gasteiger partial charge on any atom is 0.322 e. The van der Waals surface area contributed by atoms with Crippen LogP contribution in [0.3, 0.4) is 0 Å². The van der Waals surface area contributed by atoms with E-state index < -0.39 is 11.0 Å². The lowest BCUT2D eigenvalue weighted by Gasteiger charge is -2.31. The number of para-hydroxylation sites is 1. The molecule has 4 rings (SSSR count). The number of aryl methyl sites for hydroxylation is 1. The normalized spacial score (nSPS) is 11.8. The Morgan fingerprint density at radius 3 is 2.50 bits per heavy atom. The Morgan fingerprint density at radius 1 is 1.10 bits per heavy atom. The molecule has 10 heteroatoms. The van der Waals surface area contributed by atoms with Crippen molar-refractivity contribution in [3.8, 4) is 5.69 Å². The fraction of sp³-hybridized carbons (Fsp3) is 0.300. The molecule has 4 aromatic rings. The Labute approximate surface area is 237 Å². The maximum absolute atomic E-state index is 13.9. The number of non-ortho nitro benzene ring substituents is 1. The van der Waals surface area contributed by atoms with Crippen molar-refractivity contribution in [1.29, 1.82) is 0 Å². The first-order chi connectivity index (χ1) is 19.2. The molecule has 0 aliphatic heterocycles. The molecule has 40 heavy (non-hydrogen) atoms. The summed E-state index contributed by atoms with van der Waals surface area (Å²) in [5, 5.41) is 14.9. The van der Waals surface area contributed by atoms with Gasteiger partial charge in [0.05, 0.1) is 27.6 Å². The smallest absolute Gasteiger partial charge is 0.315 e. The highest BCUT2D eigenvalue weighted by atomic mass is 35.5. The lowest BCUT2D eigenvalue weighted by atomic mass is 10.1. The van der Waals surface area contributed by atoms with Gasteiger partial charge in [-0.2, -0.15) is 0 Å². The number of fused-ring (bicyclic) bond motifs is 1. The van der Waals surface area contributed by atoms with Gasteiger partial charge in [0.2, 0.25) is 0 Å². The number of hydrogen-bond acceptors (Lipinski definition) is 5. The zero-order chi connectivity index (χ0) is 28.8. The second-order valence-corrected chi connectivity index (χ2v) is 10.2. The molecule has 208 valence electrons. The van der Waals surface area contributed by atoms with Crippen LogP contribution in [0.5, 0.6) is 0 Å². The molecule has 0 spiro atoms. The highest BCUT2D eigenvalue weighted by Crippen LogP contribution is 2.27. The molecule has 1 heterocycles. The zero-order valence-electron chi connectivity index (χ0n) is 22.8. The van der Waals surface area contributed by atoms with Gasteiger partial charge < -0.3 is 10.2 Å². The molecule has 0 saturated heterocycles. The molecule has 1 atom stereocenters. The third-order valence-corrected chi connectivity index (χ3v) is 7.12. The van der Waals surface area contributed by atoms with Crippen molar-refractivity contribution < 1.29 is 9.72 Å². The molecule has 0 aliphatic rings. The Morgan fingerprint density at radius 2 is 1.82 bits per heavy atom. The summed E-state index contributed by atoms with van der Waals surface area (Å²) < 4.78 is 1.57. The number of hydrogen-bond donors (Lipinski definition) is 1. The number of nitro groups is 1. The number of nitro benzene ring substituents is 1. The first-order valence-electron chi connectivity index (χ1n) is 13.3. The van der Waals surface area contributed by atoms with Crippen LogP contribution < -0.4 is 10.9 Å². The van der Waals surface area contributed by atoms with Crippen molar-refractivity contribution in [2.45, 2.75) is 52.5 Å². The molecule has 9 nitrogen and oxygen atoms in total. The van der Waals surface area contributed by atoms with Gasteiger partial charge in [0.15, 0.2) is 0 Å². The van der Waals surface area contributed by atoms with Gasteiger partial charge in [-0.3, -0.25) is 19.5 Å². The third kappa shape index (κ3) is 6.31. The molecular weight excluding hydrogens is 530 g/mol. The minimum Gasteiger partial charge on any atom is -0.315 e. The number of aromatic nitrogens is 2. The van der Waals surface area contributed by atoms with E-state index in [-0.39, 0.29) is 17.3 Å². The minimum absolute atomic E-state index is 0.0643. The fourth-order valence-electron chi connectivity index (χ4n) is 4.71. The van der Waals surface area contributed by atoms with E-state index in [0.29, 0.717) is 39.7 Å². The molecule has 0 aliphatic carbocycles. The van der Waals surface area contributed by atoms with Crippen LogP contribution in [0.1, 0.15) is 57.0 Å². The van der Waals surface area contributed by atoms with E-state index in [1.807, 2.05) is 19.9 Å². The first-order valence-corrected chi connectivity index (χ1v) is 13.7. The van der Waals surface area contributed by atoms with E-state index in [4.69, 9.17) is 16.6 Å². The van der Waals surface area contributed by atoms with Crippen molar-refractivity contribution in [3.05, 3.63) is 104 Å². The molecule has 1 N–H and O–H groups in total. The van der Waals surface area contributed by atoms with E-state index in [2.05, 4.69) is 12.2 Å². The van der Waals surface area contributed by atoms with Crippen LogP contribution in [-0.4, -0.2) is 32.0 Å². The number of amides is 2. The molecule has 0 radical (unpaired) electrons. The summed E-state index contributed by atoms with van der Waals surface area (Å²) in [5.74, 6) is 0.420. The molecule has 0 saturated carbocycles. The van der Waals surface area contributed by atoms with Crippen molar-refractivity contribution in [1.82, 2.24) is 14.5 Å². The molecule has 3 aromatic carbocycles. The monoisotopic (exact) mass is 561 g/mol. The number of halogens is 1. The Balaban J connectivity index is 1.79. The van der Waals surface area contributed by atoms with E-state index in [1.165, 1.54) is 24.3 Å². The topological polar surface area (TPSA) is 110 Å². The summed E-state index contributed by atoms with van der Waals surface area (Å²) >= 11 is 6.22. The quantitative estimate of drug-likeness (QED) is 0.123. The van der Waals surface area contributed by atoms with Crippen LogP contribution in [0, 0.1) is 17.0 Å². The fourth-order valence-corrected chi connectivity index (χ4v) is 4.94. The number of nitrogens with one attached hydrogen (secondary N) is 1. The summed E-state index contributed by atoms with van der Waals surface area (Å²) in [6, 6.07) is 17.2. The second-order valence-electron chi connectivity index (χ2n) is 9.72. The van der Waals surface area contributed by atoms with Gasteiger partial charge in [-0.25, -0.2) is 9.78 Å². The average molecular weight is 562 g/mol. The van der Waals surface area contributed by atoms with E-state index in [0.717, 1.165) is 31.2 Å². The first kappa shape index (κ1) is 28.8. The molecule has 0 fully saturated rings. The van der Waals surface area contributed by atoms with Crippen LogP contribution in [0.15, 0.2) is 71.5 Å². The van der Waals surface area contributed by atoms with Gasteiger partial charge in [0, 0.05) is 29.4 Å². The summed E-state index contributed by atoms with van der Waals surface area (Å²) in [6.45, 7) is 6.28. The largest absolute Gasteiger partial charge is 0.322 e. The molecule has 1 aromatic heterocycles. The number of carbonyl (C=O) groups is 1. The summed E-state index contributed by atoms with van der Waals surface area (Å²) in [4.78, 5) is 44.7. The number of unbranched alkanes of at least 4 members (excludes halogenated alkanes) is 3. The maximum atomic E-state index is 13.9. The lowest BCUT2D eigenvalue weighted by Crippen LogP contribution is -2.40. The van der Waals surface area contributed by atoms with E-state index >= 15 is 0 Å². The molecule has 1 unspecified atom stereocenters. The molecular formula is C30H32ClN5O4. The number of nitrogens with zero attached hydrogens (tertiary/aromatic N) is 4. The van der Waals surface area contributed by atoms with E-state index in [1.54, 1.807) is 45.9 Å². The van der Waals surface area contributed by atoms with Gasteiger partial charge in [-0.1, -0.05) is 49.9 Å². The Kier molecular flexibility index (Phi) is 9.16. The lowest BCUT2D eigenvalue weighted by molar-refractivity contribution is -0.384. The number of urea groups is 1. The minimum atomic E-state index is -0.591. The van der Waals surface area contributed by atoms with Crippen molar-refractivity contribution in [3.63, 3.8) is 0 Å². The predicted octanol–water partition coefficient (Wildman–Crippen LogP) is 7.43. The van der Waals surface area contributed by atoms with Crippen LogP contribution in [0.25, 0.3) is 16.6 Å². The van der Waals surface area contributed by atoms with Crippen molar-refractivity contribution in [2.75, 3.05) is 11.9 Å². The van der Waals surface area contributed by atoms with Crippen LogP contribution in [0.4, 0.5) is 16.2 Å². The number of carbonyl (C=O) groups excluding carboxylic acids is 1. The summed E-state index contributed by atoms with van der Waals surface area (Å²) in [5.41, 5.74) is 2.10.